The molecule has 1 saturated heterocycles. The van der Waals surface area contributed by atoms with Crippen molar-refractivity contribution in [2.24, 2.45) is 0 Å². The lowest BCUT2D eigenvalue weighted by Gasteiger charge is -2.31. The van der Waals surface area contributed by atoms with Crippen LogP contribution >= 0.6 is 11.6 Å². The molecule has 0 saturated carbocycles. The number of carboxylic acid groups (broad SMARTS) is 1. The Balaban J connectivity index is 2.20. The molecule has 2 rings (SSSR count). The predicted molar refractivity (Wildman–Crippen MR) is 75.0 cm³/mol. The van der Waals surface area contributed by atoms with Crippen molar-refractivity contribution in [2.45, 2.75) is 12.1 Å². The number of ether oxygens (including phenoxy) is 2. The summed E-state index contributed by atoms with van der Waals surface area (Å²) >= 11 is 5.97. The third-order valence-electron chi connectivity index (χ3n) is 3.32. The third-order valence-corrected chi connectivity index (χ3v) is 3.65. The molecule has 0 spiro atoms. The number of benzene rings is 1. The molecule has 2 unspecified atom stereocenters. The number of halogens is 2. The molecule has 0 aliphatic carbocycles. The third kappa shape index (κ3) is 3.91. The number of carbonyl (C=O) groups is 1. The largest absolute Gasteiger partial charge is 0.480 e. The molecule has 2 atom stereocenters. The van der Waals surface area contributed by atoms with Crippen molar-refractivity contribution >= 4 is 17.6 Å². The second-order valence-corrected chi connectivity index (χ2v) is 5.29. The smallest absolute Gasteiger partial charge is 0.325 e. The Morgan fingerprint density at radius 1 is 1.57 bits per heavy atom. The molecular weight excluding hydrogens is 301 g/mol. The van der Waals surface area contributed by atoms with Crippen molar-refractivity contribution < 1.29 is 23.8 Å². The van der Waals surface area contributed by atoms with E-state index in [1.54, 1.807) is 7.05 Å². The molecular formula is C14H17ClFNO4. The molecule has 21 heavy (non-hydrogen) atoms. The van der Waals surface area contributed by atoms with Gasteiger partial charge in [0.2, 0.25) is 0 Å². The average Bonchev–Trinajstić information content (AvgIpc) is 2.43. The second-order valence-electron chi connectivity index (χ2n) is 4.88. The fourth-order valence-electron chi connectivity index (χ4n) is 2.37. The summed E-state index contributed by atoms with van der Waals surface area (Å²) in [7, 11) is 1.60. The molecule has 1 aliphatic rings. The van der Waals surface area contributed by atoms with Crippen molar-refractivity contribution in [1.29, 1.82) is 0 Å². The van der Waals surface area contributed by atoms with Crippen LogP contribution in [-0.2, 0) is 14.3 Å². The summed E-state index contributed by atoms with van der Waals surface area (Å²) in [5.41, 5.74) is -0.0362. The van der Waals surface area contributed by atoms with E-state index in [1.807, 2.05) is 0 Å². The first-order valence-corrected chi connectivity index (χ1v) is 6.94. The summed E-state index contributed by atoms with van der Waals surface area (Å²) < 4.78 is 24.7. The molecule has 1 N–H and O–H groups in total. The van der Waals surface area contributed by atoms with Gasteiger partial charge in [-0.25, -0.2) is 4.39 Å². The monoisotopic (exact) mass is 317 g/mol. The summed E-state index contributed by atoms with van der Waals surface area (Å²) in [6, 6.07) is 2.94. The van der Waals surface area contributed by atoms with Gasteiger partial charge in [0, 0.05) is 17.1 Å². The molecule has 0 aromatic heterocycles. The average molecular weight is 318 g/mol. The summed E-state index contributed by atoms with van der Waals surface area (Å²) in [5, 5.41) is 9.53. The van der Waals surface area contributed by atoms with E-state index in [4.69, 9.17) is 21.1 Å². The fourth-order valence-corrected chi connectivity index (χ4v) is 2.64. The Labute approximate surface area is 127 Å². The van der Waals surface area contributed by atoms with Crippen molar-refractivity contribution in [3.8, 4) is 0 Å². The van der Waals surface area contributed by atoms with E-state index < -0.39 is 17.8 Å². The van der Waals surface area contributed by atoms with E-state index in [9.17, 15) is 14.3 Å². The maximum Gasteiger partial charge on any atom is 0.325 e. The predicted octanol–water partition coefficient (Wildman–Crippen LogP) is 1.95. The Morgan fingerprint density at radius 3 is 2.90 bits per heavy atom. The van der Waals surface area contributed by atoms with Crippen LogP contribution in [0.5, 0.6) is 0 Å². The van der Waals surface area contributed by atoms with Crippen LogP contribution in [0.25, 0.3) is 0 Å². The summed E-state index contributed by atoms with van der Waals surface area (Å²) in [5.74, 6) is -1.80. The zero-order chi connectivity index (χ0) is 15.4. The van der Waals surface area contributed by atoms with E-state index >= 15 is 0 Å². The Morgan fingerprint density at radius 2 is 2.33 bits per heavy atom. The first-order valence-electron chi connectivity index (χ1n) is 6.57. The molecule has 1 heterocycles. The molecule has 1 aliphatic heterocycles. The van der Waals surface area contributed by atoms with Crippen molar-refractivity contribution in [3.05, 3.63) is 34.6 Å². The van der Waals surface area contributed by atoms with Crippen LogP contribution in [0, 0.1) is 5.82 Å². The molecule has 5 nitrogen and oxygen atoms in total. The van der Waals surface area contributed by atoms with E-state index in [-0.39, 0.29) is 16.7 Å². The van der Waals surface area contributed by atoms with Crippen LogP contribution in [0.2, 0.25) is 5.02 Å². The minimum absolute atomic E-state index is 0.0362. The number of aliphatic carboxylic acids is 1. The lowest BCUT2D eigenvalue weighted by atomic mass is 10.0. The van der Waals surface area contributed by atoms with Crippen molar-refractivity contribution in [2.75, 3.05) is 33.4 Å². The number of carboxylic acids is 1. The van der Waals surface area contributed by atoms with Crippen LogP contribution in [0.4, 0.5) is 4.39 Å². The highest BCUT2D eigenvalue weighted by molar-refractivity contribution is 6.31. The number of rotatable bonds is 5. The van der Waals surface area contributed by atoms with Crippen molar-refractivity contribution in [3.63, 3.8) is 0 Å². The molecule has 1 aromatic carbocycles. The van der Waals surface area contributed by atoms with E-state index in [2.05, 4.69) is 0 Å². The molecule has 0 amide bonds. The van der Waals surface area contributed by atoms with Crippen LogP contribution in [0.3, 0.4) is 0 Å². The summed E-state index contributed by atoms with van der Waals surface area (Å²) in [4.78, 5) is 13.1. The number of likely N-dealkylation sites (N-methyl/N-ethyl adjacent to an activating group) is 1. The Kier molecular flexibility index (Phi) is 5.52. The standard InChI is InChI=1S/C14H17ClFNO4/c1-17(7-9-8-20-5-6-21-9)13(14(18)19)12-10(15)3-2-4-11(12)16/h2-4,9,13H,5-8H2,1H3,(H,18,19). The SMILES string of the molecule is CN(CC1COCCO1)C(C(=O)O)c1c(F)cccc1Cl. The van der Waals surface area contributed by atoms with Crippen LogP contribution in [-0.4, -0.2) is 55.5 Å². The molecule has 116 valence electrons. The molecule has 1 aromatic rings. The lowest BCUT2D eigenvalue weighted by molar-refractivity contribution is -0.145. The van der Waals surface area contributed by atoms with Crippen LogP contribution in [0.15, 0.2) is 18.2 Å². The minimum atomic E-state index is -1.18. The number of nitrogens with zero attached hydrogens (tertiary/aromatic N) is 1. The van der Waals surface area contributed by atoms with E-state index in [0.29, 0.717) is 26.4 Å². The van der Waals surface area contributed by atoms with Crippen LogP contribution in [0.1, 0.15) is 11.6 Å². The van der Waals surface area contributed by atoms with E-state index in [1.165, 1.54) is 23.1 Å². The second kappa shape index (κ2) is 7.17. The molecule has 7 heteroatoms. The van der Waals surface area contributed by atoms with Crippen molar-refractivity contribution in [1.82, 2.24) is 4.90 Å². The fraction of sp³-hybridized carbons (Fsp3) is 0.500. The van der Waals surface area contributed by atoms with Gasteiger partial charge in [-0.1, -0.05) is 17.7 Å². The highest BCUT2D eigenvalue weighted by Gasteiger charge is 2.31. The maximum atomic E-state index is 14.0. The maximum absolute atomic E-state index is 14.0. The topological polar surface area (TPSA) is 59.0 Å². The first-order chi connectivity index (χ1) is 10.0. The highest BCUT2D eigenvalue weighted by Crippen LogP contribution is 2.30. The van der Waals surface area contributed by atoms with Gasteiger partial charge in [-0.05, 0) is 19.2 Å². The van der Waals surface area contributed by atoms with Gasteiger partial charge in [-0.2, -0.15) is 0 Å². The molecule has 0 bridgehead atoms. The van der Waals surface area contributed by atoms with Gasteiger partial charge in [-0.15, -0.1) is 0 Å². The number of hydrogen-bond acceptors (Lipinski definition) is 4. The summed E-state index contributed by atoms with van der Waals surface area (Å²) in [6.07, 6.45) is -0.240. The zero-order valence-electron chi connectivity index (χ0n) is 11.6. The highest BCUT2D eigenvalue weighted by atomic mass is 35.5. The summed E-state index contributed by atoms with van der Waals surface area (Å²) in [6.45, 7) is 1.70. The van der Waals surface area contributed by atoms with Gasteiger partial charge in [0.1, 0.15) is 11.9 Å². The zero-order valence-corrected chi connectivity index (χ0v) is 12.3. The molecule has 1 fully saturated rings. The molecule has 0 radical (unpaired) electrons. The Bertz CT molecular complexity index is 487. The van der Waals surface area contributed by atoms with Gasteiger partial charge in [0.05, 0.1) is 25.9 Å². The number of hydrogen-bond donors (Lipinski definition) is 1. The van der Waals surface area contributed by atoms with Gasteiger partial charge in [0.15, 0.2) is 0 Å². The van der Waals surface area contributed by atoms with Gasteiger partial charge in [0.25, 0.3) is 0 Å². The van der Waals surface area contributed by atoms with Gasteiger partial charge in [-0.3, -0.25) is 9.69 Å². The quantitative estimate of drug-likeness (QED) is 0.899. The van der Waals surface area contributed by atoms with Gasteiger partial charge >= 0.3 is 5.97 Å². The van der Waals surface area contributed by atoms with Gasteiger partial charge < -0.3 is 14.6 Å². The normalized spacial score (nSPS) is 20.5. The van der Waals surface area contributed by atoms with E-state index in [0.717, 1.165) is 0 Å². The Hall–Kier alpha value is -1.21. The lowest BCUT2D eigenvalue weighted by Crippen LogP contribution is -2.42. The van der Waals surface area contributed by atoms with Crippen LogP contribution < -0.4 is 0 Å². The first kappa shape index (κ1) is 16.2. The minimum Gasteiger partial charge on any atom is -0.480 e.